The van der Waals surface area contributed by atoms with E-state index in [-0.39, 0.29) is 12.0 Å². The first kappa shape index (κ1) is 11.3. The minimum absolute atomic E-state index is 0.0447. The zero-order valence-corrected chi connectivity index (χ0v) is 9.86. The Kier molecular flexibility index (Phi) is 3.02. The van der Waals surface area contributed by atoms with Crippen molar-refractivity contribution < 1.29 is 9.63 Å². The van der Waals surface area contributed by atoms with Crippen LogP contribution < -0.4 is 0 Å². The van der Waals surface area contributed by atoms with Crippen LogP contribution in [-0.4, -0.2) is 31.3 Å². The first-order valence-electron chi connectivity index (χ1n) is 6.12. The summed E-state index contributed by atoms with van der Waals surface area (Å²) in [5, 5.41) is 13.8. The molecule has 0 spiro atoms. The van der Waals surface area contributed by atoms with Crippen molar-refractivity contribution in [3.8, 4) is 11.5 Å². The fraction of sp³-hybridized carbons (Fsp3) is 0.500. The van der Waals surface area contributed by atoms with Crippen LogP contribution in [0, 0.1) is 0 Å². The van der Waals surface area contributed by atoms with Crippen LogP contribution in [-0.2, 0) is 0 Å². The minimum atomic E-state index is -0.381. The number of aliphatic hydroxyl groups excluding tert-OH is 1. The van der Waals surface area contributed by atoms with E-state index in [1.807, 2.05) is 0 Å². The van der Waals surface area contributed by atoms with Gasteiger partial charge in [0.1, 0.15) is 5.69 Å². The van der Waals surface area contributed by atoms with Crippen molar-refractivity contribution in [2.24, 2.45) is 0 Å². The Bertz CT molecular complexity index is 514. The molecular formula is C12H14N4O2. The Morgan fingerprint density at radius 3 is 2.89 bits per heavy atom. The molecule has 1 aliphatic rings. The molecule has 3 rings (SSSR count). The molecule has 0 amide bonds. The third-order valence-corrected chi connectivity index (χ3v) is 3.28. The number of hydrogen-bond acceptors (Lipinski definition) is 6. The molecule has 0 bridgehead atoms. The molecule has 6 heteroatoms. The summed E-state index contributed by atoms with van der Waals surface area (Å²) >= 11 is 0. The highest BCUT2D eigenvalue weighted by atomic mass is 16.5. The predicted molar refractivity (Wildman–Crippen MR) is 62.5 cm³/mol. The lowest BCUT2D eigenvalue weighted by Crippen LogP contribution is -2.22. The van der Waals surface area contributed by atoms with E-state index in [1.54, 1.807) is 18.6 Å². The molecule has 1 fully saturated rings. The van der Waals surface area contributed by atoms with Crippen molar-refractivity contribution in [2.75, 3.05) is 0 Å². The molecule has 0 aliphatic heterocycles. The molecule has 0 aromatic carbocycles. The van der Waals surface area contributed by atoms with Crippen molar-refractivity contribution in [2.45, 2.75) is 37.7 Å². The summed E-state index contributed by atoms with van der Waals surface area (Å²) in [6.07, 6.45) is 8.22. The molecule has 1 aliphatic carbocycles. The molecule has 2 atom stereocenters. The topological polar surface area (TPSA) is 84.9 Å². The summed E-state index contributed by atoms with van der Waals surface area (Å²) in [4.78, 5) is 12.4. The minimum Gasteiger partial charge on any atom is -0.392 e. The second-order valence-corrected chi connectivity index (χ2v) is 4.51. The summed E-state index contributed by atoms with van der Waals surface area (Å²) in [6.45, 7) is 0. The Labute approximate surface area is 104 Å². The van der Waals surface area contributed by atoms with Gasteiger partial charge in [-0.1, -0.05) is 18.0 Å². The standard InChI is InChI=1S/C12H14N4O2/c17-10-4-2-1-3-8(10)12-15-11(16-18-12)9-7-13-5-6-14-9/h5-8,10,17H,1-4H2. The number of nitrogens with zero attached hydrogens (tertiary/aromatic N) is 4. The quantitative estimate of drug-likeness (QED) is 0.865. The Balaban J connectivity index is 1.85. The summed E-state index contributed by atoms with van der Waals surface area (Å²) < 4.78 is 5.24. The van der Waals surface area contributed by atoms with Crippen molar-refractivity contribution >= 4 is 0 Å². The smallest absolute Gasteiger partial charge is 0.232 e. The number of rotatable bonds is 2. The predicted octanol–water partition coefficient (Wildman–Crippen LogP) is 1.55. The number of aromatic nitrogens is 4. The maximum atomic E-state index is 9.95. The third kappa shape index (κ3) is 2.11. The molecule has 94 valence electrons. The van der Waals surface area contributed by atoms with Crippen LogP contribution in [0.2, 0.25) is 0 Å². The van der Waals surface area contributed by atoms with E-state index in [4.69, 9.17) is 4.52 Å². The lowest BCUT2D eigenvalue weighted by Gasteiger charge is -2.24. The van der Waals surface area contributed by atoms with Crippen LogP contribution in [0.15, 0.2) is 23.1 Å². The Morgan fingerprint density at radius 1 is 1.22 bits per heavy atom. The Morgan fingerprint density at radius 2 is 2.11 bits per heavy atom. The first-order valence-corrected chi connectivity index (χ1v) is 6.12. The molecule has 2 aromatic heterocycles. The van der Waals surface area contributed by atoms with E-state index in [0.717, 1.165) is 25.7 Å². The van der Waals surface area contributed by atoms with Crippen LogP contribution in [0.25, 0.3) is 11.5 Å². The molecule has 2 heterocycles. The molecule has 1 N–H and O–H groups in total. The van der Waals surface area contributed by atoms with Crippen molar-refractivity contribution in [3.05, 3.63) is 24.5 Å². The normalized spacial score (nSPS) is 24.1. The summed E-state index contributed by atoms with van der Waals surface area (Å²) in [5.74, 6) is 0.885. The zero-order chi connectivity index (χ0) is 12.4. The molecule has 2 unspecified atom stereocenters. The fourth-order valence-electron chi connectivity index (χ4n) is 2.30. The molecule has 18 heavy (non-hydrogen) atoms. The van der Waals surface area contributed by atoms with Crippen molar-refractivity contribution in [1.82, 2.24) is 20.1 Å². The first-order chi connectivity index (χ1) is 8.84. The highest BCUT2D eigenvalue weighted by molar-refractivity contribution is 5.45. The van der Waals surface area contributed by atoms with Gasteiger partial charge in [0.05, 0.1) is 18.2 Å². The van der Waals surface area contributed by atoms with E-state index < -0.39 is 0 Å². The molecule has 6 nitrogen and oxygen atoms in total. The van der Waals surface area contributed by atoms with Crippen LogP contribution in [0.1, 0.15) is 37.5 Å². The van der Waals surface area contributed by atoms with Crippen molar-refractivity contribution in [3.63, 3.8) is 0 Å². The third-order valence-electron chi connectivity index (χ3n) is 3.28. The highest BCUT2D eigenvalue weighted by Crippen LogP contribution is 2.32. The fourth-order valence-corrected chi connectivity index (χ4v) is 2.30. The molecule has 0 saturated heterocycles. The molecular weight excluding hydrogens is 232 g/mol. The number of aliphatic hydroxyl groups is 1. The van der Waals surface area contributed by atoms with Gasteiger partial charge in [0, 0.05) is 12.4 Å². The van der Waals surface area contributed by atoms with Gasteiger partial charge < -0.3 is 9.63 Å². The lowest BCUT2D eigenvalue weighted by molar-refractivity contribution is 0.0908. The summed E-state index contributed by atoms with van der Waals surface area (Å²) in [5.41, 5.74) is 0.581. The van der Waals surface area contributed by atoms with Gasteiger partial charge in [-0.25, -0.2) is 4.98 Å². The van der Waals surface area contributed by atoms with E-state index >= 15 is 0 Å². The van der Waals surface area contributed by atoms with E-state index in [9.17, 15) is 5.11 Å². The van der Waals surface area contributed by atoms with Gasteiger partial charge in [-0.05, 0) is 12.8 Å². The van der Waals surface area contributed by atoms with Crippen LogP contribution in [0.4, 0.5) is 0 Å². The van der Waals surface area contributed by atoms with Gasteiger partial charge in [-0.3, -0.25) is 4.98 Å². The van der Waals surface area contributed by atoms with Gasteiger partial charge in [0.15, 0.2) is 0 Å². The molecule has 0 radical (unpaired) electrons. The van der Waals surface area contributed by atoms with E-state index in [2.05, 4.69) is 20.1 Å². The van der Waals surface area contributed by atoms with Gasteiger partial charge in [-0.2, -0.15) is 4.98 Å². The summed E-state index contributed by atoms with van der Waals surface area (Å²) in [6, 6.07) is 0. The van der Waals surface area contributed by atoms with E-state index in [0.29, 0.717) is 17.4 Å². The van der Waals surface area contributed by atoms with Crippen LogP contribution >= 0.6 is 0 Å². The largest absolute Gasteiger partial charge is 0.392 e. The highest BCUT2D eigenvalue weighted by Gasteiger charge is 2.29. The Hall–Kier alpha value is -1.82. The molecule has 1 saturated carbocycles. The maximum absolute atomic E-state index is 9.95. The maximum Gasteiger partial charge on any atom is 0.232 e. The average molecular weight is 246 g/mol. The second-order valence-electron chi connectivity index (χ2n) is 4.51. The van der Waals surface area contributed by atoms with Gasteiger partial charge in [0.25, 0.3) is 0 Å². The SMILES string of the molecule is OC1CCCCC1c1nc(-c2cnccn2)no1. The second kappa shape index (κ2) is 4.81. The molecule has 2 aromatic rings. The number of hydrogen-bond donors (Lipinski definition) is 1. The lowest BCUT2D eigenvalue weighted by atomic mass is 9.86. The monoisotopic (exact) mass is 246 g/mol. The van der Waals surface area contributed by atoms with E-state index in [1.165, 1.54) is 0 Å². The average Bonchev–Trinajstić information content (AvgIpc) is 2.90. The van der Waals surface area contributed by atoms with Crippen LogP contribution in [0.3, 0.4) is 0 Å². The van der Waals surface area contributed by atoms with Gasteiger partial charge in [0.2, 0.25) is 11.7 Å². The van der Waals surface area contributed by atoms with Gasteiger partial charge >= 0.3 is 0 Å². The van der Waals surface area contributed by atoms with Crippen molar-refractivity contribution in [1.29, 1.82) is 0 Å². The zero-order valence-electron chi connectivity index (χ0n) is 9.86. The van der Waals surface area contributed by atoms with Crippen LogP contribution in [0.5, 0.6) is 0 Å². The van der Waals surface area contributed by atoms with Gasteiger partial charge in [-0.15, -0.1) is 0 Å². The summed E-state index contributed by atoms with van der Waals surface area (Å²) in [7, 11) is 0.